The Morgan fingerprint density at radius 2 is 2.11 bits per heavy atom. The van der Waals surface area contributed by atoms with Crippen molar-refractivity contribution < 1.29 is 18.7 Å². The highest BCUT2D eigenvalue weighted by molar-refractivity contribution is 7.99. The summed E-state index contributed by atoms with van der Waals surface area (Å²) in [6.07, 6.45) is 1.87. The molecule has 0 radical (unpaired) electrons. The Kier molecular flexibility index (Phi) is 5.43. The fraction of sp³-hybridized carbons (Fsp3) is 0.333. The Bertz CT molecular complexity index is 954. The van der Waals surface area contributed by atoms with Crippen molar-refractivity contribution in [2.75, 3.05) is 26.5 Å². The fourth-order valence-corrected chi connectivity index (χ4v) is 4.33. The lowest BCUT2D eigenvalue weighted by Crippen LogP contribution is -2.32. The molecule has 0 saturated carbocycles. The molecule has 146 valence electrons. The third kappa shape index (κ3) is 3.67. The van der Waals surface area contributed by atoms with E-state index >= 15 is 0 Å². The van der Waals surface area contributed by atoms with Crippen LogP contribution in [0.2, 0.25) is 0 Å². The molecule has 0 bridgehead atoms. The SMILES string of the molecule is COc1ccc(OC)c(C2CCCN2C(=O)CSc2nc3ccccc3o2)c1. The van der Waals surface area contributed by atoms with Gasteiger partial charge in [-0.1, -0.05) is 23.9 Å². The van der Waals surface area contributed by atoms with Gasteiger partial charge in [0, 0.05) is 12.1 Å². The van der Waals surface area contributed by atoms with Crippen molar-refractivity contribution in [3.63, 3.8) is 0 Å². The first kappa shape index (κ1) is 18.7. The second-order valence-electron chi connectivity index (χ2n) is 6.59. The maximum Gasteiger partial charge on any atom is 0.257 e. The van der Waals surface area contributed by atoms with Crippen LogP contribution >= 0.6 is 11.8 Å². The normalized spacial score (nSPS) is 16.5. The van der Waals surface area contributed by atoms with Crippen LogP contribution in [0.25, 0.3) is 11.1 Å². The van der Waals surface area contributed by atoms with Crippen molar-refractivity contribution in [2.24, 2.45) is 0 Å². The Morgan fingerprint density at radius 1 is 1.25 bits per heavy atom. The van der Waals surface area contributed by atoms with Crippen LogP contribution in [-0.4, -0.2) is 42.3 Å². The third-order valence-electron chi connectivity index (χ3n) is 4.96. The number of ether oxygens (including phenoxy) is 2. The maximum atomic E-state index is 12.9. The molecule has 0 aliphatic carbocycles. The number of amides is 1. The van der Waals surface area contributed by atoms with E-state index in [2.05, 4.69) is 4.98 Å². The number of carbonyl (C=O) groups excluding carboxylic acids is 1. The van der Waals surface area contributed by atoms with Crippen molar-refractivity contribution in [1.82, 2.24) is 9.88 Å². The highest BCUT2D eigenvalue weighted by atomic mass is 32.2. The third-order valence-corrected chi connectivity index (χ3v) is 5.78. The van der Waals surface area contributed by atoms with Gasteiger partial charge in [-0.05, 0) is 43.2 Å². The van der Waals surface area contributed by atoms with Crippen LogP contribution in [0.3, 0.4) is 0 Å². The number of hydrogen-bond acceptors (Lipinski definition) is 6. The van der Waals surface area contributed by atoms with Crippen LogP contribution in [-0.2, 0) is 4.79 Å². The Morgan fingerprint density at radius 3 is 2.89 bits per heavy atom. The Balaban J connectivity index is 1.49. The number of aromatic nitrogens is 1. The molecule has 28 heavy (non-hydrogen) atoms. The van der Waals surface area contributed by atoms with Crippen molar-refractivity contribution in [1.29, 1.82) is 0 Å². The summed E-state index contributed by atoms with van der Waals surface area (Å²) in [7, 11) is 3.29. The molecule has 1 saturated heterocycles. The number of benzene rings is 2. The number of nitrogens with zero attached hydrogens (tertiary/aromatic N) is 2. The monoisotopic (exact) mass is 398 g/mol. The summed E-state index contributed by atoms with van der Waals surface area (Å²) in [6.45, 7) is 0.734. The van der Waals surface area contributed by atoms with Crippen molar-refractivity contribution in [3.8, 4) is 11.5 Å². The zero-order valence-corrected chi connectivity index (χ0v) is 16.7. The van der Waals surface area contributed by atoms with E-state index in [1.165, 1.54) is 11.8 Å². The summed E-state index contributed by atoms with van der Waals surface area (Å²) in [5, 5.41) is 0.518. The number of para-hydroxylation sites is 2. The van der Waals surface area contributed by atoms with Gasteiger partial charge in [0.15, 0.2) is 5.58 Å². The minimum Gasteiger partial charge on any atom is -0.497 e. The predicted molar refractivity (Wildman–Crippen MR) is 108 cm³/mol. The molecule has 3 aromatic rings. The molecule has 2 aromatic carbocycles. The summed E-state index contributed by atoms with van der Waals surface area (Å²) in [6, 6.07) is 13.3. The van der Waals surface area contributed by atoms with E-state index in [1.54, 1.807) is 14.2 Å². The van der Waals surface area contributed by atoms with E-state index in [0.29, 0.717) is 5.22 Å². The molecule has 2 heterocycles. The van der Waals surface area contributed by atoms with Crippen molar-refractivity contribution in [3.05, 3.63) is 48.0 Å². The van der Waals surface area contributed by atoms with Gasteiger partial charge in [-0.2, -0.15) is 0 Å². The van der Waals surface area contributed by atoms with E-state index in [1.807, 2.05) is 47.4 Å². The lowest BCUT2D eigenvalue weighted by atomic mass is 10.0. The summed E-state index contributed by atoms with van der Waals surface area (Å²) < 4.78 is 16.6. The molecule has 7 heteroatoms. The molecule has 1 unspecified atom stereocenters. The highest BCUT2D eigenvalue weighted by Crippen LogP contribution is 2.39. The van der Waals surface area contributed by atoms with Gasteiger partial charge in [-0.15, -0.1) is 0 Å². The largest absolute Gasteiger partial charge is 0.497 e. The fourth-order valence-electron chi connectivity index (χ4n) is 3.61. The summed E-state index contributed by atoms with van der Waals surface area (Å²) in [5.41, 5.74) is 2.52. The number of rotatable bonds is 6. The van der Waals surface area contributed by atoms with Gasteiger partial charge in [-0.25, -0.2) is 4.98 Å². The lowest BCUT2D eigenvalue weighted by Gasteiger charge is -2.26. The van der Waals surface area contributed by atoms with E-state index in [9.17, 15) is 4.79 Å². The van der Waals surface area contributed by atoms with E-state index in [0.717, 1.165) is 47.5 Å². The molecule has 1 aliphatic heterocycles. The van der Waals surface area contributed by atoms with Crippen LogP contribution in [0.1, 0.15) is 24.4 Å². The van der Waals surface area contributed by atoms with E-state index in [4.69, 9.17) is 13.9 Å². The molecule has 0 N–H and O–H groups in total. The standard InChI is InChI=1S/C21H22N2O4S/c1-25-14-9-10-18(26-2)15(12-14)17-7-5-11-23(17)20(24)13-28-21-22-16-6-3-4-8-19(16)27-21/h3-4,6,8-10,12,17H,5,7,11,13H2,1-2H3. The molecule has 1 amide bonds. The van der Waals surface area contributed by atoms with Crippen molar-refractivity contribution >= 4 is 28.8 Å². The Hall–Kier alpha value is -2.67. The average Bonchev–Trinajstić information content (AvgIpc) is 3.38. The number of fused-ring (bicyclic) bond motifs is 1. The van der Waals surface area contributed by atoms with Crippen LogP contribution in [0, 0.1) is 0 Å². The maximum absolute atomic E-state index is 12.9. The van der Waals surface area contributed by atoms with Gasteiger partial charge in [0.2, 0.25) is 5.91 Å². The van der Waals surface area contributed by atoms with Crippen molar-refractivity contribution in [2.45, 2.75) is 24.1 Å². The molecule has 6 nitrogen and oxygen atoms in total. The van der Waals surface area contributed by atoms with Gasteiger partial charge in [-0.3, -0.25) is 4.79 Å². The number of carbonyl (C=O) groups is 1. The van der Waals surface area contributed by atoms with Gasteiger partial charge < -0.3 is 18.8 Å². The quantitative estimate of drug-likeness (QED) is 0.577. The van der Waals surface area contributed by atoms with Gasteiger partial charge in [0.1, 0.15) is 17.0 Å². The minimum absolute atomic E-state index is 0.0122. The van der Waals surface area contributed by atoms with Gasteiger partial charge >= 0.3 is 0 Å². The molecule has 1 aliphatic rings. The highest BCUT2D eigenvalue weighted by Gasteiger charge is 2.32. The molecule has 1 atom stereocenters. The summed E-state index contributed by atoms with van der Waals surface area (Å²) in [4.78, 5) is 19.3. The zero-order valence-electron chi connectivity index (χ0n) is 15.9. The number of thioether (sulfide) groups is 1. The van der Waals surface area contributed by atoms with E-state index < -0.39 is 0 Å². The van der Waals surface area contributed by atoms with E-state index in [-0.39, 0.29) is 17.7 Å². The summed E-state index contributed by atoms with van der Waals surface area (Å²) in [5.74, 6) is 1.89. The molecule has 0 spiro atoms. The lowest BCUT2D eigenvalue weighted by molar-refractivity contribution is -0.129. The smallest absolute Gasteiger partial charge is 0.257 e. The molecule has 1 fully saturated rings. The molecule has 4 rings (SSSR count). The molecular formula is C21H22N2O4S. The van der Waals surface area contributed by atoms with Crippen LogP contribution in [0.15, 0.2) is 52.1 Å². The first-order valence-electron chi connectivity index (χ1n) is 9.19. The van der Waals surface area contributed by atoms with Gasteiger partial charge in [0.25, 0.3) is 5.22 Å². The average molecular weight is 398 g/mol. The van der Waals surface area contributed by atoms with Crippen LogP contribution in [0.4, 0.5) is 0 Å². The topological polar surface area (TPSA) is 64.8 Å². The van der Waals surface area contributed by atoms with Gasteiger partial charge in [0.05, 0.1) is 26.0 Å². The predicted octanol–water partition coefficient (Wildman–Crippen LogP) is 4.30. The first-order chi connectivity index (χ1) is 13.7. The molecular weight excluding hydrogens is 376 g/mol. The number of hydrogen-bond donors (Lipinski definition) is 0. The second-order valence-corrected chi connectivity index (χ2v) is 7.52. The summed E-state index contributed by atoms with van der Waals surface area (Å²) >= 11 is 1.33. The molecule has 1 aromatic heterocycles. The first-order valence-corrected chi connectivity index (χ1v) is 10.2. The number of likely N-dealkylation sites (tertiary alicyclic amines) is 1. The number of oxazole rings is 1. The number of methoxy groups -OCH3 is 2. The zero-order chi connectivity index (χ0) is 19.5. The minimum atomic E-state index is -0.0122. The second kappa shape index (κ2) is 8.14. The van der Waals surface area contributed by atoms with Crippen LogP contribution < -0.4 is 9.47 Å². The Labute approximate surface area is 167 Å². The van der Waals surface area contributed by atoms with Crippen LogP contribution in [0.5, 0.6) is 11.5 Å².